The zero-order valence-electron chi connectivity index (χ0n) is 12.3. The van der Waals surface area contributed by atoms with E-state index >= 15 is 0 Å². The van der Waals surface area contributed by atoms with Crippen molar-refractivity contribution in [2.75, 3.05) is 25.9 Å². The van der Waals surface area contributed by atoms with Crippen LogP contribution in [0.3, 0.4) is 0 Å². The van der Waals surface area contributed by atoms with Gasteiger partial charge in [0.05, 0.1) is 6.54 Å². The molecule has 0 atom stereocenters. The summed E-state index contributed by atoms with van der Waals surface area (Å²) < 4.78 is 0. The minimum atomic E-state index is -0.185. The van der Waals surface area contributed by atoms with Crippen molar-refractivity contribution >= 4 is 28.4 Å². The van der Waals surface area contributed by atoms with Crippen molar-refractivity contribution in [1.29, 1.82) is 0 Å². The third-order valence-electron chi connectivity index (χ3n) is 3.27. The average Bonchev–Trinajstić information content (AvgIpc) is 2.88. The Hall–Kier alpha value is -2.50. The molecule has 1 heterocycles. The number of anilines is 1. The summed E-state index contributed by atoms with van der Waals surface area (Å²) >= 11 is 0. The molecule has 6 nitrogen and oxygen atoms in total. The number of likely N-dealkylation sites (N-methyl/N-ethyl adjacent to an activating group) is 1. The molecule has 1 aromatic carbocycles. The first-order valence-electron chi connectivity index (χ1n) is 6.93. The van der Waals surface area contributed by atoms with Crippen LogP contribution in [0, 0.1) is 0 Å². The van der Waals surface area contributed by atoms with E-state index in [1.807, 2.05) is 19.1 Å². The quantitative estimate of drug-likeness (QED) is 0.725. The smallest absolute Gasteiger partial charge is 0.270 e. The van der Waals surface area contributed by atoms with Gasteiger partial charge in [-0.15, -0.1) is 0 Å². The van der Waals surface area contributed by atoms with Gasteiger partial charge in [0.15, 0.2) is 0 Å². The minimum Gasteiger partial charge on any atom is -0.399 e. The summed E-state index contributed by atoms with van der Waals surface area (Å²) in [6.45, 7) is 2.56. The van der Waals surface area contributed by atoms with E-state index in [-0.39, 0.29) is 18.4 Å². The lowest BCUT2D eigenvalue weighted by molar-refractivity contribution is -0.121. The number of H-pyrrole nitrogens is 1. The van der Waals surface area contributed by atoms with Gasteiger partial charge in [0.2, 0.25) is 5.91 Å². The number of fused-ring (bicyclic) bond motifs is 1. The van der Waals surface area contributed by atoms with E-state index in [1.54, 1.807) is 19.2 Å². The van der Waals surface area contributed by atoms with Gasteiger partial charge in [-0.1, -0.05) is 6.92 Å². The Labute approximate surface area is 123 Å². The van der Waals surface area contributed by atoms with Gasteiger partial charge in [-0.2, -0.15) is 0 Å². The lowest BCUT2D eigenvalue weighted by Gasteiger charge is -2.20. The van der Waals surface area contributed by atoms with E-state index in [9.17, 15) is 9.59 Å². The number of hydrogen-bond donors (Lipinski definition) is 3. The van der Waals surface area contributed by atoms with Crippen LogP contribution in [0.25, 0.3) is 10.9 Å². The lowest BCUT2D eigenvalue weighted by Crippen LogP contribution is -2.40. The third-order valence-corrected chi connectivity index (χ3v) is 3.27. The van der Waals surface area contributed by atoms with Crippen LogP contribution in [0.2, 0.25) is 0 Å². The SMILES string of the molecule is CCCN(CC(=O)NC)C(=O)c1cc2cc(N)ccc2[nH]1. The Morgan fingerprint density at radius 2 is 2.10 bits per heavy atom. The summed E-state index contributed by atoms with van der Waals surface area (Å²) in [7, 11) is 1.56. The molecule has 0 fully saturated rings. The lowest BCUT2D eigenvalue weighted by atomic mass is 10.2. The van der Waals surface area contributed by atoms with E-state index in [0.717, 1.165) is 17.3 Å². The normalized spacial score (nSPS) is 10.6. The Bertz CT molecular complexity index is 663. The molecule has 2 aromatic rings. The number of benzene rings is 1. The van der Waals surface area contributed by atoms with Crippen LogP contribution < -0.4 is 11.1 Å². The van der Waals surface area contributed by atoms with Crippen molar-refractivity contribution in [3.8, 4) is 0 Å². The molecule has 0 saturated carbocycles. The topological polar surface area (TPSA) is 91.2 Å². The molecule has 6 heteroatoms. The van der Waals surface area contributed by atoms with Crippen LogP contribution in [-0.4, -0.2) is 41.8 Å². The maximum Gasteiger partial charge on any atom is 0.270 e. The van der Waals surface area contributed by atoms with E-state index in [2.05, 4.69) is 10.3 Å². The molecule has 4 N–H and O–H groups in total. The summed E-state index contributed by atoms with van der Waals surface area (Å²) in [5.41, 5.74) is 7.70. The zero-order valence-corrected chi connectivity index (χ0v) is 12.3. The molecule has 0 unspecified atom stereocenters. The van der Waals surface area contributed by atoms with E-state index in [4.69, 9.17) is 5.73 Å². The van der Waals surface area contributed by atoms with Gasteiger partial charge in [-0.05, 0) is 30.7 Å². The van der Waals surface area contributed by atoms with Crippen molar-refractivity contribution in [3.63, 3.8) is 0 Å². The van der Waals surface area contributed by atoms with Gasteiger partial charge in [0, 0.05) is 30.2 Å². The first-order valence-corrected chi connectivity index (χ1v) is 6.93. The molecule has 0 aliphatic carbocycles. The van der Waals surface area contributed by atoms with E-state index < -0.39 is 0 Å². The second-order valence-electron chi connectivity index (χ2n) is 4.93. The highest BCUT2D eigenvalue weighted by Gasteiger charge is 2.19. The molecule has 0 aliphatic heterocycles. The van der Waals surface area contributed by atoms with Crippen molar-refractivity contribution in [1.82, 2.24) is 15.2 Å². The number of hydrogen-bond acceptors (Lipinski definition) is 3. The number of aromatic nitrogens is 1. The summed E-state index contributed by atoms with van der Waals surface area (Å²) in [5.74, 6) is -0.368. The highest BCUT2D eigenvalue weighted by molar-refractivity contribution is 6.00. The fourth-order valence-corrected chi connectivity index (χ4v) is 2.21. The number of aromatic amines is 1. The van der Waals surface area contributed by atoms with E-state index in [1.165, 1.54) is 4.90 Å². The predicted octanol–water partition coefficient (Wildman–Crippen LogP) is 1.35. The molecule has 0 radical (unpaired) electrons. The minimum absolute atomic E-state index is 0.0562. The van der Waals surface area contributed by atoms with Crippen molar-refractivity contribution in [3.05, 3.63) is 30.0 Å². The first-order chi connectivity index (χ1) is 10.0. The number of carbonyl (C=O) groups is 2. The van der Waals surface area contributed by atoms with Crippen LogP contribution >= 0.6 is 0 Å². The first kappa shape index (κ1) is 14.9. The van der Waals surface area contributed by atoms with Gasteiger partial charge in [0.1, 0.15) is 5.69 Å². The van der Waals surface area contributed by atoms with Crippen molar-refractivity contribution in [2.45, 2.75) is 13.3 Å². The number of nitrogens with one attached hydrogen (secondary N) is 2. The van der Waals surface area contributed by atoms with Gasteiger partial charge in [0.25, 0.3) is 5.91 Å². The standard InChI is InChI=1S/C15H20N4O2/c1-3-6-19(9-14(20)17-2)15(21)13-8-10-7-11(16)4-5-12(10)18-13/h4-5,7-8,18H,3,6,9,16H2,1-2H3,(H,17,20). The second kappa shape index (κ2) is 6.30. The Kier molecular flexibility index (Phi) is 4.47. The number of nitrogens with zero attached hydrogens (tertiary/aromatic N) is 1. The van der Waals surface area contributed by atoms with Gasteiger partial charge >= 0.3 is 0 Å². The molecule has 0 aliphatic rings. The Morgan fingerprint density at radius 1 is 1.33 bits per heavy atom. The second-order valence-corrected chi connectivity index (χ2v) is 4.93. The molecule has 0 spiro atoms. The number of nitrogens with two attached hydrogens (primary N) is 1. The van der Waals surface area contributed by atoms with Crippen LogP contribution in [0.5, 0.6) is 0 Å². The largest absolute Gasteiger partial charge is 0.399 e. The van der Waals surface area contributed by atoms with Crippen LogP contribution in [-0.2, 0) is 4.79 Å². The number of carbonyl (C=O) groups excluding carboxylic acids is 2. The summed E-state index contributed by atoms with van der Waals surface area (Å²) in [4.78, 5) is 28.7. The maximum absolute atomic E-state index is 12.5. The fourth-order valence-electron chi connectivity index (χ4n) is 2.21. The summed E-state index contributed by atoms with van der Waals surface area (Å²) in [5, 5.41) is 3.42. The van der Waals surface area contributed by atoms with E-state index in [0.29, 0.717) is 17.9 Å². The van der Waals surface area contributed by atoms with Crippen molar-refractivity contribution < 1.29 is 9.59 Å². The fraction of sp³-hybridized carbons (Fsp3) is 0.333. The number of rotatable bonds is 5. The van der Waals surface area contributed by atoms with Crippen LogP contribution in [0.15, 0.2) is 24.3 Å². The molecule has 21 heavy (non-hydrogen) atoms. The Morgan fingerprint density at radius 3 is 2.76 bits per heavy atom. The monoisotopic (exact) mass is 288 g/mol. The Balaban J connectivity index is 2.27. The molecule has 112 valence electrons. The third kappa shape index (κ3) is 3.34. The van der Waals surface area contributed by atoms with Gasteiger partial charge in [-0.3, -0.25) is 9.59 Å². The molecule has 1 aromatic heterocycles. The molecule has 0 saturated heterocycles. The molecular weight excluding hydrogens is 268 g/mol. The highest BCUT2D eigenvalue weighted by Crippen LogP contribution is 2.19. The number of nitrogen functional groups attached to an aromatic ring is 1. The predicted molar refractivity (Wildman–Crippen MR) is 83.0 cm³/mol. The maximum atomic E-state index is 12.5. The highest BCUT2D eigenvalue weighted by atomic mass is 16.2. The van der Waals surface area contributed by atoms with Crippen molar-refractivity contribution in [2.24, 2.45) is 0 Å². The van der Waals surface area contributed by atoms with Gasteiger partial charge < -0.3 is 20.9 Å². The molecule has 2 rings (SSSR count). The molecule has 2 amide bonds. The van der Waals surface area contributed by atoms with Crippen LogP contribution in [0.4, 0.5) is 5.69 Å². The average molecular weight is 288 g/mol. The molecule has 0 bridgehead atoms. The molecular formula is C15H20N4O2. The zero-order chi connectivity index (χ0) is 15.4. The summed E-state index contributed by atoms with van der Waals surface area (Å²) in [6, 6.07) is 7.19. The van der Waals surface area contributed by atoms with Crippen LogP contribution in [0.1, 0.15) is 23.8 Å². The summed E-state index contributed by atoms with van der Waals surface area (Å²) in [6.07, 6.45) is 0.788. The van der Waals surface area contributed by atoms with Gasteiger partial charge in [-0.25, -0.2) is 0 Å². The number of amides is 2.